The zero-order chi connectivity index (χ0) is 13.6. The van der Waals surface area contributed by atoms with Gasteiger partial charge in [-0.1, -0.05) is 19.3 Å². The topological polar surface area (TPSA) is 15.3 Å². The van der Waals surface area contributed by atoms with E-state index in [9.17, 15) is 0 Å². The average molecular weight is 262 g/mol. The van der Waals surface area contributed by atoms with Gasteiger partial charge in [0, 0.05) is 18.0 Å². The van der Waals surface area contributed by atoms with Gasteiger partial charge in [-0.25, -0.2) is 0 Å². The molecule has 108 valence electrons. The van der Waals surface area contributed by atoms with Crippen molar-refractivity contribution in [2.75, 3.05) is 20.1 Å². The van der Waals surface area contributed by atoms with Crippen LogP contribution in [0.2, 0.25) is 0 Å². The molecule has 0 spiro atoms. The molecule has 2 rings (SSSR count). The van der Waals surface area contributed by atoms with Gasteiger partial charge in [0.25, 0.3) is 0 Å². The van der Waals surface area contributed by atoms with Crippen molar-refractivity contribution in [3.63, 3.8) is 0 Å². The second-order valence-corrected chi connectivity index (χ2v) is 6.17. The Balaban J connectivity index is 2.08. The minimum absolute atomic E-state index is 0.435. The number of piperidine rings is 1. The van der Waals surface area contributed by atoms with E-state index in [1.54, 1.807) is 0 Å². The van der Waals surface area contributed by atoms with Crippen LogP contribution in [0.1, 0.15) is 64.7 Å². The third kappa shape index (κ3) is 3.33. The van der Waals surface area contributed by atoms with E-state index < -0.39 is 0 Å². The summed E-state index contributed by atoms with van der Waals surface area (Å²) in [4.78, 5) is 2.82. The number of hydrogen-bond donors (Lipinski definition) is 1. The minimum Gasteiger partial charge on any atom is -0.315 e. The van der Waals surface area contributed by atoms with Crippen LogP contribution in [0.25, 0.3) is 0 Å². The van der Waals surface area contributed by atoms with Crippen molar-refractivity contribution in [2.45, 2.75) is 76.3 Å². The predicted octanol–water partition coefficient (Wildman–Crippen LogP) is 3.18. The lowest BCUT2D eigenvalue weighted by Gasteiger charge is -2.48. The molecule has 0 amide bonds. The molecule has 19 heavy (non-hydrogen) atoms. The third-order valence-electron chi connectivity index (χ3n) is 5.19. The molecule has 2 heteroatoms. The Morgan fingerprint density at radius 3 is 2.37 bits per heavy atom. The van der Waals surface area contributed by atoms with Gasteiger partial charge in [0.05, 0.1) is 0 Å². The lowest BCUT2D eigenvalue weighted by Crippen LogP contribution is -2.60. The molecule has 0 radical (unpaired) electrons. The van der Waals surface area contributed by atoms with E-state index in [1.165, 1.54) is 64.5 Å². The van der Waals surface area contributed by atoms with Crippen molar-refractivity contribution in [2.24, 2.45) is 0 Å². The van der Waals surface area contributed by atoms with Crippen LogP contribution < -0.4 is 5.32 Å². The number of likely N-dealkylation sites (tertiary alicyclic amines) is 1. The van der Waals surface area contributed by atoms with Gasteiger partial charge < -0.3 is 5.32 Å². The average Bonchev–Trinajstić information content (AvgIpc) is 2.95. The molecule has 1 heterocycles. The molecule has 0 aromatic carbocycles. The summed E-state index contributed by atoms with van der Waals surface area (Å²) in [5.74, 6) is 6.29. The maximum Gasteiger partial charge on any atom is 0.0362 e. The Morgan fingerprint density at radius 1 is 1.11 bits per heavy atom. The molecule has 2 nitrogen and oxygen atoms in total. The highest BCUT2D eigenvalue weighted by Crippen LogP contribution is 2.40. The van der Waals surface area contributed by atoms with E-state index in [0.717, 1.165) is 6.42 Å². The number of hydrogen-bond acceptors (Lipinski definition) is 2. The van der Waals surface area contributed by atoms with Crippen LogP contribution in [0.3, 0.4) is 0 Å². The summed E-state index contributed by atoms with van der Waals surface area (Å²) < 4.78 is 0. The normalized spacial score (nSPS) is 24.7. The zero-order valence-electron chi connectivity index (χ0n) is 12.8. The summed E-state index contributed by atoms with van der Waals surface area (Å²) in [7, 11) is 2.15. The molecule has 1 saturated carbocycles. The summed E-state index contributed by atoms with van der Waals surface area (Å²) >= 11 is 0. The fourth-order valence-corrected chi connectivity index (χ4v) is 4.23. The van der Waals surface area contributed by atoms with Crippen LogP contribution in [0, 0.1) is 11.8 Å². The van der Waals surface area contributed by atoms with Crippen molar-refractivity contribution in [1.82, 2.24) is 10.2 Å². The second-order valence-electron chi connectivity index (χ2n) is 6.17. The van der Waals surface area contributed by atoms with Gasteiger partial charge in [-0.3, -0.25) is 4.90 Å². The Labute approximate surface area is 119 Å². The van der Waals surface area contributed by atoms with Crippen LogP contribution in [-0.4, -0.2) is 36.6 Å². The predicted molar refractivity (Wildman–Crippen MR) is 82.2 cm³/mol. The maximum absolute atomic E-state index is 3.63. The number of rotatable bonds is 5. The molecule has 0 bridgehead atoms. The van der Waals surface area contributed by atoms with E-state index in [0.29, 0.717) is 11.6 Å². The van der Waals surface area contributed by atoms with E-state index in [1.807, 2.05) is 6.92 Å². The largest absolute Gasteiger partial charge is 0.315 e. The minimum atomic E-state index is 0.435. The number of nitrogens with one attached hydrogen (secondary N) is 1. The van der Waals surface area contributed by atoms with E-state index in [2.05, 4.69) is 29.1 Å². The molecule has 1 saturated heterocycles. The first-order valence-corrected chi connectivity index (χ1v) is 8.15. The summed E-state index contributed by atoms with van der Waals surface area (Å²) in [6, 6.07) is 0.619. The van der Waals surface area contributed by atoms with Crippen molar-refractivity contribution in [1.29, 1.82) is 0 Å². The molecule has 1 N–H and O–H groups in total. The Morgan fingerprint density at radius 2 is 1.79 bits per heavy atom. The molecule has 1 aliphatic heterocycles. The van der Waals surface area contributed by atoms with Crippen LogP contribution in [0.15, 0.2) is 0 Å². The highest BCUT2D eigenvalue weighted by atomic mass is 15.2. The van der Waals surface area contributed by atoms with Gasteiger partial charge in [0.15, 0.2) is 0 Å². The van der Waals surface area contributed by atoms with Crippen LogP contribution in [0.4, 0.5) is 0 Å². The maximum atomic E-state index is 3.63. The molecule has 1 unspecified atom stereocenters. The fraction of sp³-hybridized carbons (Fsp3) is 0.882. The standard InChI is InChI=1S/C17H30N2/c1-3-4-6-11-16(18-2)17(12-7-8-13-17)19-14-9-5-10-15-19/h16,18H,5-15H2,1-2H3. The van der Waals surface area contributed by atoms with Crippen molar-refractivity contribution < 1.29 is 0 Å². The lowest BCUT2D eigenvalue weighted by molar-refractivity contribution is 0.0367. The van der Waals surface area contributed by atoms with E-state index >= 15 is 0 Å². The molecule has 1 aliphatic carbocycles. The highest BCUT2D eigenvalue weighted by Gasteiger charge is 2.44. The molecular formula is C17H30N2. The zero-order valence-corrected chi connectivity index (χ0v) is 12.8. The summed E-state index contributed by atoms with van der Waals surface area (Å²) in [6.07, 6.45) is 12.1. The molecule has 2 aliphatic rings. The quantitative estimate of drug-likeness (QED) is 0.766. The monoisotopic (exact) mass is 262 g/mol. The van der Waals surface area contributed by atoms with E-state index in [-0.39, 0.29) is 0 Å². The van der Waals surface area contributed by atoms with Gasteiger partial charge in [-0.05, 0) is 59.2 Å². The van der Waals surface area contributed by atoms with Gasteiger partial charge in [0.1, 0.15) is 0 Å². The Bertz CT molecular complexity index is 314. The summed E-state index contributed by atoms with van der Waals surface area (Å²) in [5.41, 5.74) is 0.435. The number of likely N-dealkylation sites (N-methyl/N-ethyl adjacent to an activating group) is 1. The van der Waals surface area contributed by atoms with E-state index in [4.69, 9.17) is 0 Å². The van der Waals surface area contributed by atoms with Gasteiger partial charge in [0.2, 0.25) is 0 Å². The van der Waals surface area contributed by atoms with Gasteiger partial charge in [-0.15, -0.1) is 11.8 Å². The smallest absolute Gasteiger partial charge is 0.0362 e. The Kier molecular flexibility index (Phi) is 5.73. The molecule has 1 atom stereocenters. The van der Waals surface area contributed by atoms with Gasteiger partial charge in [-0.2, -0.15) is 0 Å². The lowest BCUT2D eigenvalue weighted by atomic mass is 9.82. The molecular weight excluding hydrogens is 232 g/mol. The fourth-order valence-electron chi connectivity index (χ4n) is 4.23. The van der Waals surface area contributed by atoms with Crippen molar-refractivity contribution >= 4 is 0 Å². The highest BCUT2D eigenvalue weighted by molar-refractivity contribution is 5.06. The molecule has 2 fully saturated rings. The summed E-state index contributed by atoms with van der Waals surface area (Å²) in [5, 5.41) is 3.63. The van der Waals surface area contributed by atoms with Crippen LogP contribution >= 0.6 is 0 Å². The first-order chi connectivity index (χ1) is 9.33. The molecule has 0 aromatic heterocycles. The first-order valence-electron chi connectivity index (χ1n) is 8.15. The van der Waals surface area contributed by atoms with Gasteiger partial charge >= 0.3 is 0 Å². The SMILES string of the molecule is CC#CCCC(NC)C1(N2CCCCC2)CCCC1. The number of nitrogens with zero attached hydrogens (tertiary/aromatic N) is 1. The Hall–Kier alpha value is -0.520. The molecule has 0 aromatic rings. The summed E-state index contributed by atoms with van der Waals surface area (Å²) in [6.45, 7) is 4.58. The first kappa shape index (κ1) is 14.9. The van der Waals surface area contributed by atoms with Crippen LogP contribution in [0.5, 0.6) is 0 Å². The van der Waals surface area contributed by atoms with Crippen molar-refractivity contribution in [3.05, 3.63) is 0 Å². The van der Waals surface area contributed by atoms with Crippen LogP contribution in [-0.2, 0) is 0 Å². The van der Waals surface area contributed by atoms with Crippen molar-refractivity contribution in [3.8, 4) is 11.8 Å². The second kappa shape index (κ2) is 7.31. The third-order valence-corrected chi connectivity index (χ3v) is 5.19.